The van der Waals surface area contributed by atoms with Crippen molar-refractivity contribution in [2.45, 2.75) is 31.3 Å². The highest BCUT2D eigenvalue weighted by molar-refractivity contribution is 6.32. The standard InChI is InChI=1S/C13H16ClNO3/c14-10-4-9(5-11-12(10)18-8-17-11)6-15-13(7-16)2-1-3-13/h4-5,15-16H,1-3,6-8H2. The predicted molar refractivity (Wildman–Crippen MR) is 68.1 cm³/mol. The number of fused-ring (bicyclic) bond motifs is 1. The van der Waals surface area contributed by atoms with Crippen LogP contribution in [0.25, 0.3) is 0 Å². The van der Waals surface area contributed by atoms with Crippen molar-refractivity contribution in [1.82, 2.24) is 5.32 Å². The fourth-order valence-electron chi connectivity index (χ4n) is 2.41. The molecule has 1 aliphatic carbocycles. The minimum Gasteiger partial charge on any atom is -0.454 e. The number of ether oxygens (including phenoxy) is 2. The first-order valence-corrected chi connectivity index (χ1v) is 6.54. The van der Waals surface area contributed by atoms with Gasteiger partial charge in [0.1, 0.15) is 0 Å². The van der Waals surface area contributed by atoms with E-state index in [0.717, 1.165) is 18.4 Å². The van der Waals surface area contributed by atoms with Gasteiger partial charge in [0.15, 0.2) is 11.5 Å². The molecule has 1 heterocycles. The molecule has 2 aliphatic rings. The third-order valence-electron chi connectivity index (χ3n) is 3.77. The molecule has 0 atom stereocenters. The lowest BCUT2D eigenvalue weighted by Crippen LogP contribution is -2.53. The number of rotatable bonds is 4. The predicted octanol–water partition coefficient (Wildman–Crippen LogP) is 2.07. The number of halogens is 1. The molecule has 1 aromatic rings. The number of aliphatic hydroxyl groups excluding tert-OH is 1. The summed E-state index contributed by atoms with van der Waals surface area (Å²) in [7, 11) is 0. The molecule has 2 N–H and O–H groups in total. The van der Waals surface area contributed by atoms with E-state index in [0.29, 0.717) is 23.1 Å². The summed E-state index contributed by atoms with van der Waals surface area (Å²) in [5.74, 6) is 1.33. The SMILES string of the molecule is OCC1(NCc2cc(Cl)c3c(c2)OCO3)CCC1. The zero-order valence-corrected chi connectivity index (χ0v) is 10.8. The molecule has 18 heavy (non-hydrogen) atoms. The quantitative estimate of drug-likeness (QED) is 0.879. The van der Waals surface area contributed by atoms with Gasteiger partial charge in [0, 0.05) is 12.1 Å². The van der Waals surface area contributed by atoms with Gasteiger partial charge in [-0.15, -0.1) is 0 Å². The maximum Gasteiger partial charge on any atom is 0.231 e. The Morgan fingerprint density at radius 2 is 2.17 bits per heavy atom. The van der Waals surface area contributed by atoms with Crippen molar-refractivity contribution in [3.63, 3.8) is 0 Å². The van der Waals surface area contributed by atoms with Gasteiger partial charge in [0.25, 0.3) is 0 Å². The van der Waals surface area contributed by atoms with E-state index in [1.807, 2.05) is 12.1 Å². The summed E-state index contributed by atoms with van der Waals surface area (Å²) in [4.78, 5) is 0. The van der Waals surface area contributed by atoms with Crippen LogP contribution in [-0.2, 0) is 6.54 Å². The van der Waals surface area contributed by atoms with Crippen LogP contribution in [-0.4, -0.2) is 24.0 Å². The van der Waals surface area contributed by atoms with Crippen LogP contribution >= 0.6 is 11.6 Å². The Kier molecular flexibility index (Phi) is 3.09. The number of nitrogens with one attached hydrogen (secondary N) is 1. The molecule has 4 nitrogen and oxygen atoms in total. The van der Waals surface area contributed by atoms with Crippen LogP contribution in [0.1, 0.15) is 24.8 Å². The van der Waals surface area contributed by atoms with Gasteiger partial charge < -0.3 is 19.9 Å². The van der Waals surface area contributed by atoms with Crippen molar-refractivity contribution < 1.29 is 14.6 Å². The highest BCUT2D eigenvalue weighted by atomic mass is 35.5. The first kappa shape index (κ1) is 12.1. The van der Waals surface area contributed by atoms with Gasteiger partial charge in [-0.1, -0.05) is 11.6 Å². The van der Waals surface area contributed by atoms with Gasteiger partial charge >= 0.3 is 0 Å². The summed E-state index contributed by atoms with van der Waals surface area (Å²) in [6, 6.07) is 3.82. The summed E-state index contributed by atoms with van der Waals surface area (Å²) in [5.41, 5.74) is 0.951. The average Bonchev–Trinajstić information content (AvgIpc) is 2.77. The summed E-state index contributed by atoms with van der Waals surface area (Å²) in [5, 5.41) is 13.4. The molecule has 1 saturated carbocycles. The van der Waals surface area contributed by atoms with Crippen LogP contribution in [0, 0.1) is 0 Å². The van der Waals surface area contributed by atoms with Gasteiger partial charge in [-0.3, -0.25) is 0 Å². The molecule has 1 aliphatic heterocycles. The van der Waals surface area contributed by atoms with Crippen LogP contribution in [0.5, 0.6) is 11.5 Å². The molecule has 0 aromatic heterocycles. The largest absolute Gasteiger partial charge is 0.454 e. The van der Waals surface area contributed by atoms with Crippen molar-refractivity contribution in [3.8, 4) is 11.5 Å². The smallest absolute Gasteiger partial charge is 0.231 e. The Morgan fingerprint density at radius 1 is 1.33 bits per heavy atom. The van der Waals surface area contributed by atoms with E-state index in [1.165, 1.54) is 6.42 Å². The first-order valence-electron chi connectivity index (χ1n) is 6.16. The van der Waals surface area contributed by atoms with E-state index in [-0.39, 0.29) is 18.9 Å². The first-order chi connectivity index (χ1) is 8.72. The van der Waals surface area contributed by atoms with Crippen LogP contribution < -0.4 is 14.8 Å². The highest BCUT2D eigenvalue weighted by Gasteiger charge is 2.35. The van der Waals surface area contributed by atoms with E-state index < -0.39 is 0 Å². The molecule has 0 spiro atoms. The molecule has 3 rings (SSSR count). The van der Waals surface area contributed by atoms with Crippen LogP contribution in [0.2, 0.25) is 5.02 Å². The summed E-state index contributed by atoms with van der Waals surface area (Å²) >= 11 is 6.12. The van der Waals surface area contributed by atoms with E-state index in [2.05, 4.69) is 5.32 Å². The van der Waals surface area contributed by atoms with Crippen LogP contribution in [0.15, 0.2) is 12.1 Å². The lowest BCUT2D eigenvalue weighted by Gasteiger charge is -2.41. The maximum atomic E-state index is 9.39. The van der Waals surface area contributed by atoms with E-state index in [4.69, 9.17) is 21.1 Å². The van der Waals surface area contributed by atoms with Crippen molar-refractivity contribution in [1.29, 1.82) is 0 Å². The third-order valence-corrected chi connectivity index (χ3v) is 4.05. The average molecular weight is 270 g/mol. The lowest BCUT2D eigenvalue weighted by atomic mass is 9.77. The van der Waals surface area contributed by atoms with Crippen molar-refractivity contribution >= 4 is 11.6 Å². The zero-order valence-electron chi connectivity index (χ0n) is 10.0. The van der Waals surface area contributed by atoms with E-state index in [1.54, 1.807) is 0 Å². The summed E-state index contributed by atoms with van der Waals surface area (Å²) in [6.07, 6.45) is 3.24. The zero-order chi connectivity index (χ0) is 12.6. The Hall–Kier alpha value is -0.970. The van der Waals surface area contributed by atoms with Gasteiger partial charge in [-0.05, 0) is 37.0 Å². The molecule has 1 fully saturated rings. The minimum absolute atomic E-state index is 0.0944. The summed E-state index contributed by atoms with van der Waals surface area (Å²) < 4.78 is 10.6. The lowest BCUT2D eigenvalue weighted by molar-refractivity contribution is 0.0872. The Balaban J connectivity index is 1.72. The van der Waals surface area contributed by atoms with Crippen molar-refractivity contribution in [2.24, 2.45) is 0 Å². The molecule has 0 amide bonds. The van der Waals surface area contributed by atoms with Crippen molar-refractivity contribution in [2.75, 3.05) is 13.4 Å². The second-order valence-corrected chi connectivity index (χ2v) is 5.36. The van der Waals surface area contributed by atoms with Gasteiger partial charge in [-0.2, -0.15) is 0 Å². The molecular formula is C13H16ClNO3. The van der Waals surface area contributed by atoms with Gasteiger partial charge in [-0.25, -0.2) is 0 Å². The topological polar surface area (TPSA) is 50.7 Å². The molecule has 0 unspecified atom stereocenters. The molecule has 98 valence electrons. The van der Waals surface area contributed by atoms with Gasteiger partial charge in [0.05, 0.1) is 11.6 Å². The normalized spacial score (nSPS) is 19.7. The fraction of sp³-hybridized carbons (Fsp3) is 0.538. The number of aliphatic hydroxyl groups is 1. The van der Waals surface area contributed by atoms with Crippen LogP contribution in [0.4, 0.5) is 0 Å². The molecule has 0 radical (unpaired) electrons. The highest BCUT2D eigenvalue weighted by Crippen LogP contribution is 2.40. The van der Waals surface area contributed by atoms with Crippen LogP contribution in [0.3, 0.4) is 0 Å². The molecule has 1 aromatic carbocycles. The molecule has 0 bridgehead atoms. The second kappa shape index (κ2) is 4.61. The number of hydrogen-bond acceptors (Lipinski definition) is 4. The number of benzene rings is 1. The Labute approximate surface area is 111 Å². The monoisotopic (exact) mass is 269 g/mol. The maximum absolute atomic E-state index is 9.39. The van der Waals surface area contributed by atoms with Crippen molar-refractivity contribution in [3.05, 3.63) is 22.7 Å². The van der Waals surface area contributed by atoms with E-state index >= 15 is 0 Å². The Bertz CT molecular complexity index is 454. The Morgan fingerprint density at radius 3 is 2.83 bits per heavy atom. The third kappa shape index (κ3) is 2.05. The molecule has 0 saturated heterocycles. The number of hydrogen-bond donors (Lipinski definition) is 2. The summed E-state index contributed by atoms with van der Waals surface area (Å²) in [6.45, 7) is 1.09. The fourth-order valence-corrected chi connectivity index (χ4v) is 2.69. The molecule has 5 heteroatoms. The molecular weight excluding hydrogens is 254 g/mol. The van der Waals surface area contributed by atoms with Gasteiger partial charge in [0.2, 0.25) is 6.79 Å². The van der Waals surface area contributed by atoms with E-state index in [9.17, 15) is 5.11 Å². The minimum atomic E-state index is -0.0944. The second-order valence-electron chi connectivity index (χ2n) is 4.96.